The van der Waals surface area contributed by atoms with Crippen LogP contribution in [0.1, 0.15) is 51.9 Å². The molecule has 2 heterocycles. The van der Waals surface area contributed by atoms with Gasteiger partial charge in [-0.15, -0.1) is 0 Å². The predicted molar refractivity (Wildman–Crippen MR) is 76.2 cm³/mol. The van der Waals surface area contributed by atoms with E-state index in [4.69, 9.17) is 0 Å². The molecule has 1 aliphatic carbocycles. The second-order valence-electron chi connectivity index (χ2n) is 6.58. The van der Waals surface area contributed by atoms with Gasteiger partial charge in [0.25, 0.3) is 0 Å². The van der Waals surface area contributed by atoms with Gasteiger partial charge in [-0.25, -0.2) is 4.79 Å². The molecule has 2 atom stereocenters. The summed E-state index contributed by atoms with van der Waals surface area (Å²) in [5.41, 5.74) is 0. The van der Waals surface area contributed by atoms with E-state index >= 15 is 0 Å². The number of fused-ring (bicyclic) bond motifs is 1. The molecule has 108 valence electrons. The summed E-state index contributed by atoms with van der Waals surface area (Å²) in [5.74, 6) is 0. The first-order valence-corrected chi connectivity index (χ1v) is 8.05. The number of hydrogen-bond acceptors (Lipinski definition) is 2. The Morgan fingerprint density at radius 1 is 1.05 bits per heavy atom. The van der Waals surface area contributed by atoms with Gasteiger partial charge in [-0.3, -0.25) is 4.90 Å². The summed E-state index contributed by atoms with van der Waals surface area (Å²) in [5, 5.41) is 3.27. The zero-order chi connectivity index (χ0) is 13.2. The molecule has 19 heavy (non-hydrogen) atoms. The fraction of sp³-hybridized carbons (Fsp3) is 0.933. The molecule has 2 aliphatic heterocycles. The summed E-state index contributed by atoms with van der Waals surface area (Å²) < 4.78 is 0. The highest BCUT2D eigenvalue weighted by Crippen LogP contribution is 2.25. The number of nitrogens with one attached hydrogen (secondary N) is 1. The van der Waals surface area contributed by atoms with E-state index in [1.54, 1.807) is 0 Å². The number of nitrogens with zero attached hydrogens (tertiary/aromatic N) is 2. The number of rotatable bonds is 1. The maximum absolute atomic E-state index is 12.5. The molecule has 0 aromatic carbocycles. The molecule has 2 amide bonds. The molecule has 4 nitrogen and oxygen atoms in total. The van der Waals surface area contributed by atoms with Crippen molar-refractivity contribution < 1.29 is 4.79 Å². The molecular formula is C15H27N3O. The molecule has 2 saturated heterocycles. The molecule has 3 fully saturated rings. The number of piperazine rings is 1. The van der Waals surface area contributed by atoms with Crippen LogP contribution in [0.4, 0.5) is 4.79 Å². The van der Waals surface area contributed by atoms with Crippen molar-refractivity contribution in [3.05, 3.63) is 0 Å². The normalized spacial score (nSPS) is 33.2. The van der Waals surface area contributed by atoms with Gasteiger partial charge in [-0.2, -0.15) is 0 Å². The molecule has 1 N–H and O–H groups in total. The zero-order valence-electron chi connectivity index (χ0n) is 12.1. The van der Waals surface area contributed by atoms with Crippen molar-refractivity contribution in [3.63, 3.8) is 0 Å². The van der Waals surface area contributed by atoms with Crippen molar-refractivity contribution >= 4 is 6.03 Å². The molecule has 0 aromatic heterocycles. The topological polar surface area (TPSA) is 35.6 Å². The van der Waals surface area contributed by atoms with Gasteiger partial charge in [0.05, 0.1) is 0 Å². The van der Waals surface area contributed by atoms with E-state index < -0.39 is 0 Å². The Kier molecular flexibility index (Phi) is 3.96. The van der Waals surface area contributed by atoms with Crippen LogP contribution >= 0.6 is 0 Å². The smallest absolute Gasteiger partial charge is 0.317 e. The van der Waals surface area contributed by atoms with E-state index in [2.05, 4.69) is 22.0 Å². The van der Waals surface area contributed by atoms with Crippen LogP contribution in [0.3, 0.4) is 0 Å². The van der Waals surface area contributed by atoms with E-state index in [-0.39, 0.29) is 6.03 Å². The fourth-order valence-electron chi connectivity index (χ4n) is 3.97. The first-order valence-electron chi connectivity index (χ1n) is 8.05. The average Bonchev–Trinajstić information content (AvgIpc) is 2.86. The molecule has 2 unspecified atom stereocenters. The molecule has 3 aliphatic rings. The van der Waals surface area contributed by atoms with Crippen LogP contribution in [0.2, 0.25) is 0 Å². The molecule has 1 saturated carbocycles. The molecular weight excluding hydrogens is 238 g/mol. The van der Waals surface area contributed by atoms with Crippen LogP contribution < -0.4 is 5.32 Å². The first-order chi connectivity index (χ1) is 9.24. The summed E-state index contributed by atoms with van der Waals surface area (Å²) in [7, 11) is 0. The molecule has 0 bridgehead atoms. The molecule has 0 spiro atoms. The Balaban J connectivity index is 1.56. The third kappa shape index (κ3) is 2.88. The van der Waals surface area contributed by atoms with Crippen LogP contribution in [0.25, 0.3) is 0 Å². The van der Waals surface area contributed by atoms with Crippen molar-refractivity contribution in [3.8, 4) is 0 Å². The van der Waals surface area contributed by atoms with Gasteiger partial charge >= 0.3 is 6.03 Å². The number of urea groups is 1. The quantitative estimate of drug-likeness (QED) is 0.789. The molecule has 0 radical (unpaired) electrons. The predicted octanol–water partition coefficient (Wildman–Crippen LogP) is 2.20. The lowest BCUT2D eigenvalue weighted by molar-refractivity contribution is 0.0783. The summed E-state index contributed by atoms with van der Waals surface area (Å²) in [6, 6.07) is 1.59. The van der Waals surface area contributed by atoms with Crippen LogP contribution in [-0.4, -0.2) is 53.6 Å². The Hall–Kier alpha value is -0.770. The summed E-state index contributed by atoms with van der Waals surface area (Å²) in [6.45, 7) is 5.41. The second kappa shape index (κ2) is 5.70. The monoisotopic (exact) mass is 265 g/mol. The molecule has 4 heteroatoms. The third-order valence-electron chi connectivity index (χ3n) is 5.13. The maximum atomic E-state index is 12.5. The Morgan fingerprint density at radius 3 is 2.63 bits per heavy atom. The van der Waals surface area contributed by atoms with Gasteiger partial charge in [-0.05, 0) is 39.2 Å². The van der Waals surface area contributed by atoms with Crippen molar-refractivity contribution in [2.45, 2.75) is 70.0 Å². The minimum atomic E-state index is 0.186. The van der Waals surface area contributed by atoms with Gasteiger partial charge in [0, 0.05) is 31.2 Å². The molecule has 0 aromatic rings. The van der Waals surface area contributed by atoms with Gasteiger partial charge in [0.1, 0.15) is 0 Å². The van der Waals surface area contributed by atoms with Gasteiger partial charge in [0.15, 0.2) is 0 Å². The minimum absolute atomic E-state index is 0.186. The highest BCUT2D eigenvalue weighted by atomic mass is 16.2. The maximum Gasteiger partial charge on any atom is 0.317 e. The SMILES string of the molecule is CC1CN2CCCC2CN1C(=O)NC1CCCCC1. The summed E-state index contributed by atoms with van der Waals surface area (Å²) in [4.78, 5) is 17.1. The molecule has 3 rings (SSSR count). The minimum Gasteiger partial charge on any atom is -0.335 e. The lowest BCUT2D eigenvalue weighted by atomic mass is 9.95. The van der Waals surface area contributed by atoms with Gasteiger partial charge in [0.2, 0.25) is 0 Å². The van der Waals surface area contributed by atoms with E-state index in [0.717, 1.165) is 13.1 Å². The third-order valence-corrected chi connectivity index (χ3v) is 5.13. The number of carbonyl (C=O) groups is 1. The number of amides is 2. The van der Waals surface area contributed by atoms with E-state index in [9.17, 15) is 4.79 Å². The highest BCUT2D eigenvalue weighted by molar-refractivity contribution is 5.75. The highest BCUT2D eigenvalue weighted by Gasteiger charge is 2.36. The first kappa shape index (κ1) is 13.2. The Bertz CT molecular complexity index is 327. The van der Waals surface area contributed by atoms with Gasteiger partial charge < -0.3 is 10.2 Å². The van der Waals surface area contributed by atoms with Gasteiger partial charge in [-0.1, -0.05) is 19.3 Å². The van der Waals surface area contributed by atoms with Crippen molar-refractivity contribution in [1.29, 1.82) is 0 Å². The fourth-order valence-corrected chi connectivity index (χ4v) is 3.97. The number of carbonyl (C=O) groups excluding carboxylic acids is 1. The van der Waals surface area contributed by atoms with Crippen LogP contribution in [0.5, 0.6) is 0 Å². The Morgan fingerprint density at radius 2 is 1.84 bits per heavy atom. The lowest BCUT2D eigenvalue weighted by Gasteiger charge is -2.42. The lowest BCUT2D eigenvalue weighted by Crippen LogP contribution is -2.59. The van der Waals surface area contributed by atoms with Crippen molar-refractivity contribution in [2.24, 2.45) is 0 Å². The second-order valence-corrected chi connectivity index (χ2v) is 6.58. The zero-order valence-corrected chi connectivity index (χ0v) is 12.1. The van der Waals surface area contributed by atoms with Crippen molar-refractivity contribution in [2.75, 3.05) is 19.6 Å². The largest absolute Gasteiger partial charge is 0.335 e. The average molecular weight is 265 g/mol. The van der Waals surface area contributed by atoms with E-state index in [1.807, 2.05) is 0 Å². The summed E-state index contributed by atoms with van der Waals surface area (Å²) >= 11 is 0. The van der Waals surface area contributed by atoms with E-state index in [0.29, 0.717) is 18.1 Å². The van der Waals surface area contributed by atoms with Crippen LogP contribution in [0, 0.1) is 0 Å². The summed E-state index contributed by atoms with van der Waals surface area (Å²) in [6.07, 6.45) is 8.79. The standard InChI is InChI=1S/C15H27N3O/c1-12-10-17-9-5-8-14(17)11-18(12)15(19)16-13-6-3-2-4-7-13/h12-14H,2-11H2,1H3,(H,16,19). The van der Waals surface area contributed by atoms with E-state index in [1.165, 1.54) is 51.5 Å². The van der Waals surface area contributed by atoms with Crippen LogP contribution in [0.15, 0.2) is 0 Å². The van der Waals surface area contributed by atoms with Crippen LogP contribution in [-0.2, 0) is 0 Å². The van der Waals surface area contributed by atoms with Crippen molar-refractivity contribution in [1.82, 2.24) is 15.1 Å². The number of hydrogen-bond donors (Lipinski definition) is 1. The Labute approximate surface area is 116 Å².